The first-order valence-corrected chi connectivity index (χ1v) is 7.97. The number of primary amides is 1. The molecule has 1 aliphatic carbocycles. The van der Waals surface area contributed by atoms with Gasteiger partial charge in [0.1, 0.15) is 12.4 Å². The van der Waals surface area contributed by atoms with E-state index in [9.17, 15) is 14.0 Å². The smallest absolute Gasteiger partial charge is 0.254 e. The summed E-state index contributed by atoms with van der Waals surface area (Å²) in [6.45, 7) is -0.230. The number of nitrogens with zero attached hydrogens (tertiary/aromatic N) is 1. The summed E-state index contributed by atoms with van der Waals surface area (Å²) in [6, 6.07) is 11.1. The lowest BCUT2D eigenvalue weighted by Gasteiger charge is -2.29. The lowest BCUT2D eigenvalue weighted by Crippen LogP contribution is -2.40. The summed E-state index contributed by atoms with van der Waals surface area (Å²) in [5.74, 6) is -1.31. The van der Waals surface area contributed by atoms with Crippen LogP contribution in [0.1, 0.15) is 33.9 Å². The van der Waals surface area contributed by atoms with Crippen LogP contribution in [0.3, 0.4) is 0 Å². The molecule has 0 aromatic heterocycles. The maximum Gasteiger partial charge on any atom is 0.254 e. The number of nitrogens with two attached hydrogens (primary N) is 1. The Hall–Kier alpha value is -2.40. The molecule has 2 aromatic carbocycles. The van der Waals surface area contributed by atoms with Gasteiger partial charge in [-0.3, -0.25) is 9.59 Å². The number of benzene rings is 2. The van der Waals surface area contributed by atoms with E-state index in [1.54, 1.807) is 36.4 Å². The number of amides is 2. The number of halogens is 2. The summed E-state index contributed by atoms with van der Waals surface area (Å²) >= 11 is 5.97. The van der Waals surface area contributed by atoms with Gasteiger partial charge in [0.25, 0.3) is 5.91 Å². The summed E-state index contributed by atoms with van der Waals surface area (Å²) in [5, 5.41) is 0.268. The van der Waals surface area contributed by atoms with Crippen molar-refractivity contribution < 1.29 is 14.0 Å². The van der Waals surface area contributed by atoms with Gasteiger partial charge in [-0.15, -0.1) is 0 Å². The molecule has 0 saturated heterocycles. The Morgan fingerprint density at radius 2 is 1.96 bits per heavy atom. The van der Waals surface area contributed by atoms with Gasteiger partial charge in [0.15, 0.2) is 0 Å². The van der Waals surface area contributed by atoms with Gasteiger partial charge in [-0.25, -0.2) is 4.39 Å². The van der Waals surface area contributed by atoms with Crippen molar-refractivity contribution in [2.45, 2.75) is 18.9 Å². The summed E-state index contributed by atoms with van der Waals surface area (Å²) in [7, 11) is 0. The second kappa shape index (κ2) is 6.61. The predicted octanol–water partition coefficient (Wildman–Crippen LogP) is 3.09. The number of rotatable bonds is 4. The number of carbonyl (C=O) groups excluding carboxylic acids is 2. The molecule has 6 heteroatoms. The van der Waals surface area contributed by atoms with E-state index in [4.69, 9.17) is 17.3 Å². The van der Waals surface area contributed by atoms with Crippen molar-refractivity contribution in [1.29, 1.82) is 0 Å². The van der Waals surface area contributed by atoms with Crippen molar-refractivity contribution in [2.24, 2.45) is 5.73 Å². The molecule has 2 aromatic rings. The lowest BCUT2D eigenvalue weighted by atomic mass is 10.0. The van der Waals surface area contributed by atoms with E-state index >= 15 is 0 Å². The van der Waals surface area contributed by atoms with Crippen molar-refractivity contribution >= 4 is 23.4 Å². The Morgan fingerprint density at radius 1 is 1.25 bits per heavy atom. The first-order chi connectivity index (χ1) is 11.5. The molecule has 3 rings (SSSR count). The van der Waals surface area contributed by atoms with Crippen LogP contribution in [-0.4, -0.2) is 23.3 Å². The minimum Gasteiger partial charge on any atom is -0.368 e. The van der Waals surface area contributed by atoms with Crippen LogP contribution >= 0.6 is 11.6 Å². The monoisotopic (exact) mass is 346 g/mol. The van der Waals surface area contributed by atoms with Crippen molar-refractivity contribution in [2.75, 3.05) is 6.54 Å². The van der Waals surface area contributed by atoms with Crippen LogP contribution in [0.15, 0.2) is 42.5 Å². The second-order valence-corrected chi connectivity index (χ2v) is 6.21. The topological polar surface area (TPSA) is 63.4 Å². The molecule has 0 radical (unpaired) electrons. The standard InChI is InChI=1S/C18H16ClFN2O2/c19-12-8-14-13(15(20)9-12)6-7-16(14)22(10-17(21)23)18(24)11-4-2-1-3-5-11/h1-5,8-9,16H,6-7,10H2,(H2,21,23). The number of hydrogen-bond donors (Lipinski definition) is 1. The number of carbonyl (C=O) groups is 2. The summed E-state index contributed by atoms with van der Waals surface area (Å²) in [5.41, 5.74) is 6.96. The van der Waals surface area contributed by atoms with Crippen LogP contribution in [0.4, 0.5) is 4.39 Å². The van der Waals surface area contributed by atoms with Gasteiger partial charge in [-0.1, -0.05) is 29.8 Å². The molecule has 0 spiro atoms. The molecule has 1 atom stereocenters. The van der Waals surface area contributed by atoms with E-state index in [1.807, 2.05) is 0 Å². The molecule has 0 aliphatic heterocycles. The zero-order valence-electron chi connectivity index (χ0n) is 12.8. The Balaban J connectivity index is 2.00. The Labute approximate surface area is 144 Å². The third kappa shape index (κ3) is 3.12. The molecule has 0 bridgehead atoms. The fourth-order valence-corrected chi connectivity index (χ4v) is 3.40. The Bertz CT molecular complexity index is 795. The van der Waals surface area contributed by atoms with Crippen molar-refractivity contribution in [3.8, 4) is 0 Å². The quantitative estimate of drug-likeness (QED) is 0.924. The first kappa shape index (κ1) is 16.5. The molecule has 2 N–H and O–H groups in total. The van der Waals surface area contributed by atoms with Gasteiger partial charge >= 0.3 is 0 Å². The number of fused-ring (bicyclic) bond motifs is 1. The third-order valence-electron chi connectivity index (χ3n) is 4.21. The normalized spacial score (nSPS) is 15.8. The molecule has 0 saturated carbocycles. The average Bonchev–Trinajstić information content (AvgIpc) is 2.96. The van der Waals surface area contributed by atoms with E-state index in [-0.39, 0.29) is 23.3 Å². The highest BCUT2D eigenvalue weighted by Gasteiger charge is 2.34. The van der Waals surface area contributed by atoms with E-state index in [2.05, 4.69) is 0 Å². The molecule has 2 amide bonds. The zero-order chi connectivity index (χ0) is 17.3. The van der Waals surface area contributed by atoms with Gasteiger partial charge in [0.05, 0.1) is 6.04 Å². The van der Waals surface area contributed by atoms with E-state index in [0.29, 0.717) is 29.5 Å². The average molecular weight is 347 g/mol. The van der Waals surface area contributed by atoms with Crippen LogP contribution in [0.25, 0.3) is 0 Å². The molecule has 0 fully saturated rings. The zero-order valence-corrected chi connectivity index (χ0v) is 13.6. The largest absolute Gasteiger partial charge is 0.368 e. The number of hydrogen-bond acceptors (Lipinski definition) is 2. The summed E-state index contributed by atoms with van der Waals surface area (Å²) in [6.07, 6.45) is 1.01. The highest BCUT2D eigenvalue weighted by Crippen LogP contribution is 2.39. The van der Waals surface area contributed by atoms with Crippen LogP contribution < -0.4 is 5.73 Å². The molecule has 24 heavy (non-hydrogen) atoms. The Kier molecular flexibility index (Phi) is 4.53. The maximum absolute atomic E-state index is 14.1. The molecule has 124 valence electrons. The lowest BCUT2D eigenvalue weighted by molar-refractivity contribution is -0.119. The van der Waals surface area contributed by atoms with Gasteiger partial charge in [-0.05, 0) is 48.2 Å². The third-order valence-corrected chi connectivity index (χ3v) is 4.42. The molecule has 4 nitrogen and oxygen atoms in total. The minimum absolute atomic E-state index is 0.230. The van der Waals surface area contributed by atoms with E-state index in [0.717, 1.165) is 0 Å². The van der Waals surface area contributed by atoms with Gasteiger partial charge < -0.3 is 10.6 Å². The predicted molar refractivity (Wildman–Crippen MR) is 89.1 cm³/mol. The van der Waals surface area contributed by atoms with E-state index in [1.165, 1.54) is 11.0 Å². The van der Waals surface area contributed by atoms with Gasteiger partial charge in [0.2, 0.25) is 5.91 Å². The molecular weight excluding hydrogens is 331 g/mol. The van der Waals surface area contributed by atoms with Gasteiger partial charge in [0, 0.05) is 10.6 Å². The van der Waals surface area contributed by atoms with Crippen molar-refractivity contribution in [3.05, 3.63) is 70.0 Å². The van der Waals surface area contributed by atoms with Gasteiger partial charge in [-0.2, -0.15) is 0 Å². The first-order valence-electron chi connectivity index (χ1n) is 7.59. The molecule has 0 heterocycles. The van der Waals surface area contributed by atoms with Crippen LogP contribution in [0.2, 0.25) is 5.02 Å². The summed E-state index contributed by atoms with van der Waals surface area (Å²) in [4.78, 5) is 25.7. The van der Waals surface area contributed by atoms with Crippen LogP contribution in [0.5, 0.6) is 0 Å². The van der Waals surface area contributed by atoms with Crippen LogP contribution in [-0.2, 0) is 11.2 Å². The summed E-state index contributed by atoms with van der Waals surface area (Å²) < 4.78 is 14.1. The highest BCUT2D eigenvalue weighted by molar-refractivity contribution is 6.30. The second-order valence-electron chi connectivity index (χ2n) is 5.78. The van der Waals surface area contributed by atoms with E-state index < -0.39 is 11.9 Å². The molecular formula is C18H16ClFN2O2. The molecule has 1 unspecified atom stereocenters. The van der Waals surface area contributed by atoms with Crippen molar-refractivity contribution in [3.63, 3.8) is 0 Å². The van der Waals surface area contributed by atoms with Crippen molar-refractivity contribution in [1.82, 2.24) is 4.90 Å². The fraction of sp³-hybridized carbons (Fsp3) is 0.222. The highest BCUT2D eigenvalue weighted by atomic mass is 35.5. The fourth-order valence-electron chi connectivity index (χ4n) is 3.18. The SMILES string of the molecule is NC(=O)CN(C(=O)c1ccccc1)C1CCc2c(F)cc(Cl)cc21. The van der Waals surface area contributed by atoms with Crippen LogP contribution in [0, 0.1) is 5.82 Å². The molecule has 1 aliphatic rings. The maximum atomic E-state index is 14.1. The minimum atomic E-state index is -0.616. The Morgan fingerprint density at radius 3 is 2.62 bits per heavy atom.